The Kier molecular flexibility index (Phi) is 5.04. The van der Waals surface area contributed by atoms with Crippen LogP contribution in [0.15, 0.2) is 29.2 Å². The summed E-state index contributed by atoms with van der Waals surface area (Å²) in [6.45, 7) is 0. The van der Waals surface area contributed by atoms with Gasteiger partial charge in [-0.2, -0.15) is 0 Å². The lowest BCUT2D eigenvalue weighted by Gasteiger charge is -2.13. The Hall–Kier alpha value is -0.160. The van der Waals surface area contributed by atoms with Crippen LogP contribution in [0.5, 0.6) is 0 Å². The predicted octanol–water partition coefficient (Wildman–Crippen LogP) is 6.02. The largest absolute Gasteiger partial charge is 0.224 e. The maximum Gasteiger partial charge on any atom is 0.178 e. The van der Waals surface area contributed by atoms with E-state index in [1.807, 2.05) is 0 Å². The van der Waals surface area contributed by atoms with Gasteiger partial charge in [-0.05, 0) is 18.2 Å². The Morgan fingerprint density at radius 3 is 1.86 bits per heavy atom. The fourth-order valence-electron chi connectivity index (χ4n) is 1.84. The van der Waals surface area contributed by atoms with E-state index in [-0.39, 0.29) is 25.0 Å². The molecular weight excluding hydrogens is 397 g/mol. The molecule has 2 rings (SSSR count). The van der Waals surface area contributed by atoms with Crippen molar-refractivity contribution in [1.29, 1.82) is 0 Å². The van der Waals surface area contributed by atoms with Crippen molar-refractivity contribution >= 4 is 67.8 Å². The number of sulfone groups is 1. The van der Waals surface area contributed by atoms with Crippen molar-refractivity contribution < 1.29 is 8.42 Å². The Bertz CT molecular complexity index is 831. The zero-order valence-electron chi connectivity index (χ0n) is 10.4. The fourth-order valence-corrected chi connectivity index (χ4v) is 4.73. The zero-order valence-corrected chi connectivity index (χ0v) is 15.0. The molecule has 0 aliphatic carbocycles. The topological polar surface area (TPSA) is 34.1 Å². The summed E-state index contributed by atoms with van der Waals surface area (Å²) in [5.74, 6) is 0. The van der Waals surface area contributed by atoms with Crippen LogP contribution < -0.4 is 0 Å². The lowest BCUT2D eigenvalue weighted by Crippen LogP contribution is -2.00. The van der Waals surface area contributed by atoms with E-state index in [9.17, 15) is 8.42 Å². The third-order valence-electron chi connectivity index (χ3n) is 2.73. The zero-order chi connectivity index (χ0) is 15.9. The minimum atomic E-state index is -3.61. The van der Waals surface area contributed by atoms with Gasteiger partial charge < -0.3 is 0 Å². The van der Waals surface area contributed by atoms with Crippen LogP contribution >= 0.6 is 58.0 Å². The molecule has 21 heavy (non-hydrogen) atoms. The first-order chi connectivity index (χ1) is 9.64. The van der Waals surface area contributed by atoms with E-state index in [0.717, 1.165) is 6.26 Å². The van der Waals surface area contributed by atoms with Crippen molar-refractivity contribution in [3.05, 3.63) is 49.4 Å². The monoisotopic (exact) mass is 402 g/mol. The third-order valence-corrected chi connectivity index (χ3v) is 5.95. The van der Waals surface area contributed by atoms with Crippen molar-refractivity contribution in [3.63, 3.8) is 0 Å². The highest BCUT2D eigenvalue weighted by molar-refractivity contribution is 7.91. The SMILES string of the molecule is CS(=O)(=O)c1c(Cl)ccc(-c2c(Cl)ccc(Cl)c2Cl)c1Cl. The molecule has 2 aromatic carbocycles. The number of benzene rings is 2. The van der Waals surface area contributed by atoms with E-state index >= 15 is 0 Å². The number of hydrogen-bond donors (Lipinski definition) is 0. The van der Waals surface area contributed by atoms with Gasteiger partial charge in [-0.15, -0.1) is 0 Å². The van der Waals surface area contributed by atoms with Gasteiger partial charge in [-0.3, -0.25) is 0 Å². The van der Waals surface area contributed by atoms with Gasteiger partial charge >= 0.3 is 0 Å². The molecule has 0 bridgehead atoms. The molecule has 0 radical (unpaired) electrons. The lowest BCUT2D eigenvalue weighted by atomic mass is 10.1. The van der Waals surface area contributed by atoms with Crippen molar-refractivity contribution in [2.45, 2.75) is 4.90 Å². The average molecular weight is 405 g/mol. The first-order valence-corrected chi connectivity index (χ1v) is 9.24. The molecule has 0 fully saturated rings. The van der Waals surface area contributed by atoms with Gasteiger partial charge in [-0.25, -0.2) is 8.42 Å². The van der Waals surface area contributed by atoms with E-state index in [1.165, 1.54) is 12.1 Å². The van der Waals surface area contributed by atoms with Crippen LogP contribution in [-0.4, -0.2) is 14.7 Å². The van der Waals surface area contributed by atoms with Crippen LogP contribution in [0.4, 0.5) is 0 Å². The maximum absolute atomic E-state index is 11.8. The Balaban J connectivity index is 2.88. The van der Waals surface area contributed by atoms with Crippen LogP contribution in [-0.2, 0) is 9.84 Å². The highest BCUT2D eigenvalue weighted by Gasteiger charge is 2.23. The highest BCUT2D eigenvalue weighted by atomic mass is 35.5. The predicted molar refractivity (Wildman–Crippen MR) is 90.0 cm³/mol. The van der Waals surface area contributed by atoms with Crippen LogP contribution in [0, 0.1) is 0 Å². The number of halogens is 5. The minimum absolute atomic E-state index is 0.0283. The molecule has 0 saturated carbocycles. The van der Waals surface area contributed by atoms with Crippen molar-refractivity contribution in [2.24, 2.45) is 0 Å². The Labute approximate surface area is 147 Å². The molecule has 0 atom stereocenters. The van der Waals surface area contributed by atoms with Crippen LogP contribution in [0.2, 0.25) is 25.1 Å². The quantitative estimate of drug-likeness (QED) is 0.573. The Morgan fingerprint density at radius 1 is 0.762 bits per heavy atom. The van der Waals surface area contributed by atoms with Gasteiger partial charge in [0.1, 0.15) is 4.90 Å². The molecule has 0 aromatic heterocycles. The first kappa shape index (κ1) is 17.2. The summed E-state index contributed by atoms with van der Waals surface area (Å²) in [4.78, 5) is -0.171. The van der Waals surface area contributed by atoms with Crippen LogP contribution in [0.1, 0.15) is 0 Å². The van der Waals surface area contributed by atoms with Crippen molar-refractivity contribution in [2.75, 3.05) is 6.26 Å². The molecule has 8 heteroatoms. The van der Waals surface area contributed by atoms with Gasteiger partial charge in [0.25, 0.3) is 0 Å². The fraction of sp³-hybridized carbons (Fsp3) is 0.0769. The number of rotatable bonds is 2. The van der Waals surface area contributed by atoms with Gasteiger partial charge in [0.15, 0.2) is 9.84 Å². The molecule has 0 amide bonds. The summed E-state index contributed by atoms with van der Waals surface area (Å²) in [7, 11) is -3.61. The molecule has 112 valence electrons. The first-order valence-electron chi connectivity index (χ1n) is 5.46. The van der Waals surface area contributed by atoms with E-state index < -0.39 is 9.84 Å². The summed E-state index contributed by atoms with van der Waals surface area (Å²) in [6, 6.07) is 6.06. The number of hydrogen-bond acceptors (Lipinski definition) is 2. The summed E-state index contributed by atoms with van der Waals surface area (Å²) < 4.78 is 23.7. The lowest BCUT2D eigenvalue weighted by molar-refractivity contribution is 0.602. The molecule has 0 N–H and O–H groups in total. The molecule has 0 saturated heterocycles. The smallest absolute Gasteiger partial charge is 0.178 e. The molecule has 0 aliphatic heterocycles. The van der Waals surface area contributed by atoms with E-state index in [1.54, 1.807) is 12.1 Å². The van der Waals surface area contributed by atoms with Crippen LogP contribution in [0.25, 0.3) is 11.1 Å². The molecule has 0 heterocycles. The molecule has 0 aliphatic rings. The maximum atomic E-state index is 11.8. The highest BCUT2D eigenvalue weighted by Crippen LogP contribution is 2.44. The van der Waals surface area contributed by atoms with E-state index in [2.05, 4.69) is 0 Å². The normalized spacial score (nSPS) is 11.7. The summed E-state index contributed by atoms with van der Waals surface area (Å²) >= 11 is 30.4. The van der Waals surface area contributed by atoms with E-state index in [4.69, 9.17) is 58.0 Å². The van der Waals surface area contributed by atoms with Crippen LogP contribution in [0.3, 0.4) is 0 Å². The third kappa shape index (κ3) is 3.29. The standard InChI is InChI=1S/C13H7Cl5O2S/c1-21(19,20)13-9(16)3-2-6(11(13)17)10-7(14)4-5-8(15)12(10)18/h2-5H,1H3. The average Bonchev–Trinajstić information content (AvgIpc) is 2.35. The van der Waals surface area contributed by atoms with E-state index in [0.29, 0.717) is 16.1 Å². The second kappa shape index (κ2) is 6.15. The molecular formula is C13H7Cl5O2S. The molecule has 2 aromatic rings. The van der Waals surface area contributed by atoms with Crippen molar-refractivity contribution in [3.8, 4) is 11.1 Å². The molecule has 2 nitrogen and oxygen atoms in total. The van der Waals surface area contributed by atoms with Gasteiger partial charge in [0.2, 0.25) is 0 Å². The second-order valence-electron chi connectivity index (χ2n) is 4.23. The summed E-state index contributed by atoms with van der Waals surface area (Å²) in [5, 5.41) is 0.750. The molecule has 0 unspecified atom stereocenters. The minimum Gasteiger partial charge on any atom is -0.224 e. The second-order valence-corrected chi connectivity index (χ2v) is 8.16. The molecule has 0 spiro atoms. The summed E-state index contributed by atoms with van der Waals surface area (Å²) in [5.41, 5.74) is 0.705. The Morgan fingerprint density at radius 2 is 1.29 bits per heavy atom. The van der Waals surface area contributed by atoms with Gasteiger partial charge in [-0.1, -0.05) is 64.1 Å². The van der Waals surface area contributed by atoms with Gasteiger partial charge in [0, 0.05) is 17.4 Å². The van der Waals surface area contributed by atoms with Crippen molar-refractivity contribution in [1.82, 2.24) is 0 Å². The van der Waals surface area contributed by atoms with Gasteiger partial charge in [0.05, 0.1) is 25.1 Å². The summed E-state index contributed by atoms with van der Waals surface area (Å²) in [6.07, 6.45) is 1.02.